The van der Waals surface area contributed by atoms with Gasteiger partial charge in [-0.2, -0.15) is 19.9 Å². The third-order valence-electron chi connectivity index (χ3n) is 27.0. The van der Waals surface area contributed by atoms with Crippen LogP contribution in [0.2, 0.25) is 0 Å². The molecule has 7 amide bonds. The molecule has 5 fully saturated rings. The zero-order chi connectivity index (χ0) is 95.0. The van der Waals surface area contributed by atoms with Crippen LogP contribution in [0, 0.1) is 21.7 Å². The van der Waals surface area contributed by atoms with Crippen molar-refractivity contribution in [1.29, 1.82) is 0 Å². The zero-order valence-corrected chi connectivity index (χ0v) is 79.6. The third kappa shape index (κ3) is 21.6. The van der Waals surface area contributed by atoms with Gasteiger partial charge in [0.2, 0.25) is 47.4 Å². The fourth-order valence-electron chi connectivity index (χ4n) is 19.6. The summed E-state index contributed by atoms with van der Waals surface area (Å²) in [4.78, 5) is 147. The van der Waals surface area contributed by atoms with E-state index in [2.05, 4.69) is 104 Å². The molecule has 5 aliphatic heterocycles. The third-order valence-corrected chi connectivity index (χ3v) is 27.0. The number of pyridine rings is 1. The molecular weight excluding hydrogens is 1700 g/mol. The molecule has 1 saturated heterocycles. The summed E-state index contributed by atoms with van der Waals surface area (Å²) in [6, 6.07) is 44.9. The monoisotopic (exact) mass is 1830 g/mol. The van der Waals surface area contributed by atoms with Crippen LogP contribution < -0.4 is 81.7 Å². The fourth-order valence-corrected chi connectivity index (χ4v) is 19.6. The number of amides is 7. The molecule has 33 heteroatoms. The summed E-state index contributed by atoms with van der Waals surface area (Å²) >= 11 is 0. The van der Waals surface area contributed by atoms with Gasteiger partial charge in [0.25, 0.3) is 11.8 Å². The number of hydrogen-bond donors (Lipinski definition) is 8. The van der Waals surface area contributed by atoms with Crippen LogP contribution in [0.25, 0.3) is 11.1 Å². The van der Waals surface area contributed by atoms with E-state index in [0.717, 1.165) is 144 Å². The number of ether oxygens (including phenoxy) is 1. The lowest BCUT2D eigenvalue weighted by atomic mass is 9.91. The van der Waals surface area contributed by atoms with Gasteiger partial charge in [0.1, 0.15) is 22.7 Å². The number of nitrogens with one attached hydrogen (secondary N) is 8. The smallest absolute Gasteiger partial charge is 0.411 e. The summed E-state index contributed by atoms with van der Waals surface area (Å²) in [6.45, 7) is 20.2. The molecule has 5 aromatic heterocycles. The van der Waals surface area contributed by atoms with E-state index in [4.69, 9.17) is 19.9 Å². The number of carbonyl (C=O) groups excluding carboxylic acids is 7. The number of nitrogens with zero attached hydrogens (tertiary/aromatic N) is 17. The molecule has 0 radical (unpaired) electrons. The number of benzene rings is 5. The van der Waals surface area contributed by atoms with E-state index in [1.54, 1.807) is 102 Å². The van der Waals surface area contributed by atoms with E-state index < -0.39 is 27.8 Å². The van der Waals surface area contributed by atoms with Crippen LogP contribution in [0.1, 0.15) is 179 Å². The molecule has 19 rings (SSSR count). The van der Waals surface area contributed by atoms with Gasteiger partial charge in [-0.3, -0.25) is 39.1 Å². The lowest BCUT2D eigenvalue weighted by Gasteiger charge is -2.34. The molecule has 33 nitrogen and oxygen atoms in total. The minimum absolute atomic E-state index is 0.0603. The summed E-state index contributed by atoms with van der Waals surface area (Å²) in [5.74, 6) is 5.08. The van der Waals surface area contributed by atoms with Gasteiger partial charge < -0.3 is 81.2 Å². The lowest BCUT2D eigenvalue weighted by molar-refractivity contribution is -0.126. The first-order chi connectivity index (χ1) is 64.8. The zero-order valence-electron chi connectivity index (χ0n) is 79.6. The second-order valence-corrected chi connectivity index (χ2v) is 39.2. The summed E-state index contributed by atoms with van der Waals surface area (Å²) in [5.41, 5.74) is 8.58. The highest BCUT2D eigenvalue weighted by Crippen LogP contribution is 2.47. The van der Waals surface area contributed by atoms with Crippen LogP contribution in [-0.4, -0.2) is 191 Å². The number of aromatic nitrogens is 9. The Morgan fingerprint density at radius 3 is 1.04 bits per heavy atom. The van der Waals surface area contributed by atoms with Crippen LogP contribution in [0.3, 0.4) is 0 Å². The summed E-state index contributed by atoms with van der Waals surface area (Å²) in [7, 11) is 8.54. The van der Waals surface area contributed by atoms with Gasteiger partial charge in [-0.15, -0.1) is 0 Å². The molecule has 706 valence electrons. The quantitative estimate of drug-likeness (QED) is 0.0395. The highest BCUT2D eigenvalue weighted by Gasteiger charge is 2.47. The Kier molecular flexibility index (Phi) is 28.2. The largest absolute Gasteiger partial charge is 0.453 e. The Hall–Kier alpha value is -14.0. The van der Waals surface area contributed by atoms with Gasteiger partial charge in [0.05, 0.1) is 59.6 Å². The van der Waals surface area contributed by atoms with Crippen LogP contribution in [0.4, 0.5) is 109 Å². The molecule has 4 aliphatic carbocycles. The summed E-state index contributed by atoms with van der Waals surface area (Å²) in [5, 5.41) is 24.9. The molecule has 4 saturated carbocycles. The van der Waals surface area contributed by atoms with Gasteiger partial charge in [-0.1, -0.05) is 106 Å². The van der Waals surface area contributed by atoms with Gasteiger partial charge in [-0.25, -0.2) is 24.7 Å². The van der Waals surface area contributed by atoms with Crippen molar-refractivity contribution in [2.45, 2.75) is 188 Å². The van der Waals surface area contributed by atoms with Crippen molar-refractivity contribution in [3.8, 4) is 11.1 Å². The van der Waals surface area contributed by atoms with Crippen molar-refractivity contribution in [3.63, 3.8) is 0 Å². The van der Waals surface area contributed by atoms with Crippen molar-refractivity contribution < 1.29 is 38.3 Å². The number of anilines is 18. The maximum absolute atomic E-state index is 13.2. The molecular formula is C102H125N25O8. The average molecular weight is 1830 g/mol. The van der Waals surface area contributed by atoms with Gasteiger partial charge in [-0.05, 0) is 197 Å². The molecule has 0 unspecified atom stereocenters. The Labute approximate surface area is 789 Å². The molecule has 0 bridgehead atoms. The topological polar surface area (TPSA) is 367 Å². The predicted octanol–water partition coefficient (Wildman–Crippen LogP) is 17.1. The predicted molar refractivity (Wildman–Crippen MR) is 532 cm³/mol. The molecule has 10 heterocycles. The first-order valence-corrected chi connectivity index (χ1v) is 47.1. The lowest BCUT2D eigenvalue weighted by Crippen LogP contribution is -2.56. The number of fused-ring (bicyclic) bond motifs is 4. The van der Waals surface area contributed by atoms with Crippen LogP contribution in [-0.2, 0) is 23.9 Å². The molecule has 0 atom stereocenters. The maximum atomic E-state index is 13.2. The Bertz CT molecular complexity index is 5970. The van der Waals surface area contributed by atoms with Gasteiger partial charge >= 0.3 is 6.09 Å². The van der Waals surface area contributed by atoms with Crippen LogP contribution in [0.15, 0.2) is 177 Å². The Balaban J connectivity index is 0.000000131. The minimum atomic E-state index is -0.536. The van der Waals surface area contributed by atoms with Crippen molar-refractivity contribution in [1.82, 2.24) is 55.5 Å². The Morgan fingerprint density at radius 1 is 0.363 bits per heavy atom. The fraction of sp³-hybridized carbons (Fsp3) is 0.431. The number of carbonyl (C=O) groups is 7. The van der Waals surface area contributed by atoms with E-state index >= 15 is 0 Å². The number of methoxy groups -OCH3 is 1. The summed E-state index contributed by atoms with van der Waals surface area (Å²) < 4.78 is 4.65. The number of hydrogen-bond acceptors (Lipinski definition) is 26. The van der Waals surface area contributed by atoms with Gasteiger partial charge in [0, 0.05) is 155 Å². The van der Waals surface area contributed by atoms with Crippen molar-refractivity contribution in [2.24, 2.45) is 21.7 Å². The van der Waals surface area contributed by atoms with E-state index in [0.29, 0.717) is 96.6 Å². The van der Waals surface area contributed by atoms with E-state index in [-0.39, 0.29) is 41.5 Å². The molecule has 0 spiro atoms. The molecule has 5 aromatic carbocycles. The molecule has 9 aliphatic rings. The van der Waals surface area contributed by atoms with Crippen molar-refractivity contribution in [3.05, 3.63) is 188 Å². The van der Waals surface area contributed by atoms with Crippen LogP contribution in [0.5, 0.6) is 0 Å². The van der Waals surface area contributed by atoms with Crippen molar-refractivity contribution >= 4 is 145 Å². The van der Waals surface area contributed by atoms with E-state index in [1.807, 2.05) is 166 Å². The second-order valence-electron chi connectivity index (χ2n) is 39.2. The molecule has 10 aromatic rings. The maximum Gasteiger partial charge on any atom is 0.411 e. The van der Waals surface area contributed by atoms with E-state index in [1.165, 1.54) is 58.5 Å². The second kappa shape index (κ2) is 40.4. The average Bonchev–Trinajstić information content (AvgIpc) is 1.64. The number of rotatable bonds is 18. The standard InChI is InChI=1S/C28H32N6O2.C26H30N6O.C25H33N7O2.C23H30N6O3/c1-28(2)18-34(22-14-7-8-15-22)24-23(33(3)26(28)36)17-29-27(32-24)31-21-13-9-12-20(16-21)30-25(35)19-10-5-4-6-11-19;1-26(2)17-32(21-11-4-5-12-21)23-22(31(3)24(26)33)16-28-25(30-23)29-20-10-6-8-18(14-20)19-9-7-13-27-15-19;1-25(2)15-32(19-9-4-5-10-19)21-20(31(3)23(25)34)14-27-24(30-21)29-17-8-6-7-16(11-17)22(33)28-18-12-26-13-18;1-23(2)14-29(17-10-5-6-11-17)19-18(28(3)20(23)30)13-24-21(27-19)25-15-8-7-9-16(12-15)26-22(31)32-4/h4-6,9-13,16-17,22H,7-8,14-15,18H2,1-3H3,(H,30,35)(H,29,31,32);6-10,13-16,21H,4-5,11-12,17H2,1-3H3,(H,28,29,30);6-8,11,14,18-19,26H,4-5,9-10,12-13,15H2,1-3H3,(H,28,33)(H,27,29,30);7-9,12-13,17H,5-6,10-11,14H2,1-4H3,(H,26,31)(H,24,25,27). The van der Waals surface area contributed by atoms with Crippen LogP contribution >= 0.6 is 0 Å². The van der Waals surface area contributed by atoms with Gasteiger partial charge in [0.15, 0.2) is 23.3 Å². The molecule has 135 heavy (non-hydrogen) atoms. The first kappa shape index (κ1) is 94.2. The highest BCUT2D eigenvalue weighted by molar-refractivity contribution is 6.06. The highest BCUT2D eigenvalue weighted by atomic mass is 16.5. The van der Waals surface area contributed by atoms with Crippen molar-refractivity contribution in [2.75, 3.05) is 146 Å². The first-order valence-electron chi connectivity index (χ1n) is 47.1. The molecule has 8 N–H and O–H groups in total. The SMILES string of the molecule is CN1C(=O)C(C)(C)CN(C2CCCC2)c2nc(Nc3cccc(-c4cccnc4)c3)ncc21.CN1C(=O)C(C)(C)CN(C2CCCC2)c2nc(Nc3cccc(C(=O)NC4CNC4)c3)ncc21.CN1C(=O)C(C)(C)CN(C2CCCC2)c2nc(Nc3cccc(NC(=O)c4ccccc4)c3)ncc21.COC(=O)Nc1cccc(Nc2ncc3c(n2)N(C2CCCC2)CC(C)(C)C(=O)N3C)c1. The minimum Gasteiger partial charge on any atom is -0.453 e. The van der Waals surface area contributed by atoms with E-state index in [9.17, 15) is 33.6 Å². The summed E-state index contributed by atoms with van der Waals surface area (Å²) in [6.07, 6.45) is 28.5. The Morgan fingerprint density at radius 2 is 0.689 bits per heavy atom. The normalized spacial score (nSPS) is 18.6.